The predicted octanol–water partition coefficient (Wildman–Crippen LogP) is 3.02. The Labute approximate surface area is 189 Å². The maximum Gasteiger partial charge on any atom is 0.344 e. The van der Waals surface area contributed by atoms with Gasteiger partial charge >= 0.3 is 5.97 Å². The summed E-state index contributed by atoms with van der Waals surface area (Å²) in [5, 5.41) is 9.41. The van der Waals surface area contributed by atoms with Crippen LogP contribution in [0.15, 0.2) is 64.5 Å². The molecule has 9 nitrogen and oxygen atoms in total. The number of aromatic nitrogens is 4. The van der Waals surface area contributed by atoms with Gasteiger partial charge in [-0.1, -0.05) is 30.3 Å². The maximum atomic E-state index is 12.9. The molecule has 0 spiro atoms. The summed E-state index contributed by atoms with van der Waals surface area (Å²) in [6.07, 6.45) is 1.49. The Morgan fingerprint density at radius 2 is 1.82 bits per heavy atom. The summed E-state index contributed by atoms with van der Waals surface area (Å²) in [6.45, 7) is 5.20. The molecule has 2 heterocycles. The summed E-state index contributed by atoms with van der Waals surface area (Å²) in [5.41, 5.74) is 2.22. The number of benzene rings is 2. The van der Waals surface area contributed by atoms with Crippen LogP contribution < -0.4 is 10.3 Å². The molecular formula is C24H23N5O4. The van der Waals surface area contributed by atoms with Crippen molar-refractivity contribution >= 4 is 23.1 Å². The number of nitrogens with zero attached hydrogens (tertiary/aromatic N) is 5. The highest BCUT2D eigenvalue weighted by molar-refractivity contribution is 5.85. The molecule has 2 aromatic heterocycles. The highest BCUT2D eigenvalue weighted by atomic mass is 16.6. The fourth-order valence-electron chi connectivity index (χ4n) is 3.37. The van der Waals surface area contributed by atoms with Crippen molar-refractivity contribution in [2.75, 3.05) is 13.2 Å². The summed E-state index contributed by atoms with van der Waals surface area (Å²) in [6, 6.07) is 16.5. The zero-order valence-electron chi connectivity index (χ0n) is 18.6. The summed E-state index contributed by atoms with van der Waals surface area (Å²) < 4.78 is 13.6. The van der Waals surface area contributed by atoms with E-state index in [1.165, 1.54) is 10.9 Å². The van der Waals surface area contributed by atoms with Crippen LogP contribution in [-0.2, 0) is 9.53 Å². The number of hydrogen-bond acceptors (Lipinski definition) is 7. The zero-order chi connectivity index (χ0) is 23.4. The van der Waals surface area contributed by atoms with Crippen LogP contribution in [0, 0.1) is 13.8 Å². The van der Waals surface area contributed by atoms with Crippen molar-refractivity contribution in [3.05, 3.63) is 82.0 Å². The lowest BCUT2D eigenvalue weighted by Gasteiger charge is -2.10. The van der Waals surface area contributed by atoms with Crippen LogP contribution in [0.3, 0.4) is 0 Å². The van der Waals surface area contributed by atoms with Gasteiger partial charge in [0.25, 0.3) is 5.56 Å². The van der Waals surface area contributed by atoms with Gasteiger partial charge in [-0.05, 0) is 45.0 Å². The van der Waals surface area contributed by atoms with Crippen molar-refractivity contribution in [1.82, 2.24) is 19.4 Å². The first kappa shape index (κ1) is 21.9. The van der Waals surface area contributed by atoms with Crippen LogP contribution >= 0.6 is 0 Å². The van der Waals surface area contributed by atoms with E-state index < -0.39 is 5.97 Å². The first-order chi connectivity index (χ1) is 16.0. The third-order valence-electron chi connectivity index (χ3n) is 4.91. The van der Waals surface area contributed by atoms with Gasteiger partial charge < -0.3 is 9.47 Å². The second-order valence-corrected chi connectivity index (χ2v) is 7.18. The molecule has 4 aromatic rings. The monoisotopic (exact) mass is 445 g/mol. The summed E-state index contributed by atoms with van der Waals surface area (Å²) >= 11 is 0. The number of carbonyl (C=O) groups is 1. The zero-order valence-corrected chi connectivity index (χ0v) is 18.6. The number of para-hydroxylation sites is 2. The maximum absolute atomic E-state index is 12.9. The molecule has 168 valence electrons. The van der Waals surface area contributed by atoms with Crippen LogP contribution in [0.5, 0.6) is 5.88 Å². The summed E-state index contributed by atoms with van der Waals surface area (Å²) in [7, 11) is 0. The van der Waals surface area contributed by atoms with Crippen molar-refractivity contribution < 1.29 is 14.3 Å². The fraction of sp³-hybridized carbons (Fsp3) is 0.208. The molecule has 0 aliphatic carbocycles. The lowest BCUT2D eigenvalue weighted by atomic mass is 10.2. The number of carbonyl (C=O) groups excluding carboxylic acids is 1. The van der Waals surface area contributed by atoms with E-state index in [0.29, 0.717) is 33.9 Å². The molecule has 2 aromatic carbocycles. The number of rotatable bonds is 7. The Kier molecular flexibility index (Phi) is 6.30. The largest absolute Gasteiger partial charge is 0.465 e. The lowest BCUT2D eigenvalue weighted by molar-refractivity contribution is -0.145. The third-order valence-corrected chi connectivity index (χ3v) is 4.91. The second-order valence-electron chi connectivity index (χ2n) is 7.18. The molecule has 0 amide bonds. The van der Waals surface area contributed by atoms with Crippen molar-refractivity contribution in [1.29, 1.82) is 0 Å². The fourth-order valence-corrected chi connectivity index (χ4v) is 3.37. The Bertz CT molecular complexity index is 1390. The van der Waals surface area contributed by atoms with Gasteiger partial charge in [-0.2, -0.15) is 14.9 Å². The number of ether oxygens (including phenoxy) is 2. The highest BCUT2D eigenvalue weighted by Crippen LogP contribution is 2.25. The third kappa shape index (κ3) is 4.52. The van der Waals surface area contributed by atoms with E-state index in [9.17, 15) is 9.59 Å². The molecule has 0 N–H and O–H groups in total. The van der Waals surface area contributed by atoms with Gasteiger partial charge in [0.15, 0.2) is 6.61 Å². The van der Waals surface area contributed by atoms with Gasteiger partial charge in [0.2, 0.25) is 5.88 Å². The molecule has 0 bridgehead atoms. The molecule has 0 unspecified atom stereocenters. The smallest absolute Gasteiger partial charge is 0.344 e. The van der Waals surface area contributed by atoms with Crippen LogP contribution in [0.4, 0.5) is 0 Å². The summed E-state index contributed by atoms with van der Waals surface area (Å²) in [5.74, 6) is 0.261. The van der Waals surface area contributed by atoms with E-state index in [1.54, 1.807) is 43.7 Å². The second kappa shape index (κ2) is 9.47. The molecule has 4 rings (SSSR count). The molecule has 0 aliphatic rings. The van der Waals surface area contributed by atoms with E-state index in [2.05, 4.69) is 15.2 Å². The molecule has 0 saturated heterocycles. The number of hydrogen-bond donors (Lipinski definition) is 0. The van der Waals surface area contributed by atoms with Gasteiger partial charge in [0, 0.05) is 0 Å². The quantitative estimate of drug-likeness (QED) is 0.320. The lowest BCUT2D eigenvalue weighted by Crippen LogP contribution is -2.20. The molecule has 0 atom stereocenters. The number of fused-ring (bicyclic) bond motifs is 1. The van der Waals surface area contributed by atoms with Crippen LogP contribution in [0.1, 0.15) is 24.0 Å². The van der Waals surface area contributed by atoms with Crippen LogP contribution in [0.2, 0.25) is 0 Å². The average molecular weight is 445 g/mol. The number of esters is 1. The standard InChI is InChI=1S/C24H23N5O4/c1-4-32-22(30)15-33-24-20(16(2)27-29(24)18-10-6-5-7-11-18)14-25-28-17(3)26-21-13-9-8-12-19(21)23(28)31/h5-14H,4,15H2,1-3H3/b25-14+. The first-order valence-electron chi connectivity index (χ1n) is 10.5. The van der Waals surface area contributed by atoms with Gasteiger partial charge in [-0.25, -0.2) is 14.5 Å². The Hall–Kier alpha value is -4.27. The topological polar surface area (TPSA) is 101 Å². The summed E-state index contributed by atoms with van der Waals surface area (Å²) in [4.78, 5) is 29.3. The molecule has 0 saturated carbocycles. The van der Waals surface area contributed by atoms with Gasteiger partial charge in [-0.3, -0.25) is 4.79 Å². The van der Waals surface area contributed by atoms with Crippen molar-refractivity contribution in [2.45, 2.75) is 20.8 Å². The minimum absolute atomic E-state index is 0.255. The Balaban J connectivity index is 1.78. The molecule has 0 aliphatic heterocycles. The van der Waals surface area contributed by atoms with Crippen LogP contribution in [0.25, 0.3) is 16.6 Å². The molecule has 0 fully saturated rings. The normalized spacial score (nSPS) is 11.2. The molecule has 33 heavy (non-hydrogen) atoms. The Morgan fingerprint density at radius 1 is 1.09 bits per heavy atom. The molecule has 0 radical (unpaired) electrons. The predicted molar refractivity (Wildman–Crippen MR) is 124 cm³/mol. The van der Waals surface area contributed by atoms with Crippen molar-refractivity contribution in [3.8, 4) is 11.6 Å². The van der Waals surface area contributed by atoms with E-state index in [1.807, 2.05) is 36.4 Å². The molecular weight excluding hydrogens is 422 g/mol. The van der Waals surface area contributed by atoms with Gasteiger partial charge in [-0.15, -0.1) is 0 Å². The van der Waals surface area contributed by atoms with Gasteiger partial charge in [0.05, 0.1) is 40.7 Å². The van der Waals surface area contributed by atoms with E-state index in [4.69, 9.17) is 9.47 Å². The Morgan fingerprint density at radius 3 is 2.58 bits per heavy atom. The van der Waals surface area contributed by atoms with Gasteiger partial charge in [0.1, 0.15) is 5.82 Å². The van der Waals surface area contributed by atoms with E-state index >= 15 is 0 Å². The van der Waals surface area contributed by atoms with E-state index in [0.717, 1.165) is 5.69 Å². The van der Waals surface area contributed by atoms with Crippen molar-refractivity contribution in [3.63, 3.8) is 0 Å². The number of aryl methyl sites for hydroxylation is 2. The highest BCUT2D eigenvalue weighted by Gasteiger charge is 2.19. The SMILES string of the molecule is CCOC(=O)COc1c(/C=N/n2c(C)nc3ccccc3c2=O)c(C)nn1-c1ccccc1. The average Bonchev–Trinajstić information content (AvgIpc) is 3.13. The van der Waals surface area contributed by atoms with E-state index in [-0.39, 0.29) is 18.8 Å². The molecule has 9 heteroatoms. The first-order valence-corrected chi connectivity index (χ1v) is 10.5. The van der Waals surface area contributed by atoms with Crippen molar-refractivity contribution in [2.24, 2.45) is 5.10 Å². The minimum atomic E-state index is -0.496. The minimum Gasteiger partial charge on any atom is -0.465 e. The van der Waals surface area contributed by atoms with Crippen LogP contribution in [-0.4, -0.2) is 44.8 Å².